The van der Waals surface area contributed by atoms with Gasteiger partial charge >= 0.3 is 12.2 Å². The predicted octanol–water partition coefficient (Wildman–Crippen LogP) is 7.28. The van der Waals surface area contributed by atoms with Crippen LogP contribution in [-0.4, -0.2) is 43.3 Å². The lowest BCUT2D eigenvalue weighted by molar-refractivity contribution is 0.0456. The van der Waals surface area contributed by atoms with Crippen LogP contribution in [0.5, 0.6) is 0 Å². The SMILES string of the molecule is C[C@H](NC(=O)OC(C)(C)C)c1ncc(C#Cc2ccc3cc(C#Cc4cnc([C@@H](NC(=O)OC(C)(C)C)C(C)(C)C)[nH]4)ccc3c2)[nH]1. The molecule has 0 aliphatic heterocycles. The lowest BCUT2D eigenvalue weighted by atomic mass is 9.86. The molecule has 2 aromatic carbocycles. The molecule has 0 unspecified atom stereocenters. The average molecular weight is 637 g/mol. The second kappa shape index (κ2) is 13.6. The van der Waals surface area contributed by atoms with Gasteiger partial charge in [-0.1, -0.05) is 44.7 Å². The molecule has 0 fully saturated rings. The van der Waals surface area contributed by atoms with Crippen LogP contribution in [0.25, 0.3) is 10.8 Å². The highest BCUT2D eigenvalue weighted by Crippen LogP contribution is 2.31. The van der Waals surface area contributed by atoms with E-state index in [9.17, 15) is 9.59 Å². The molecule has 0 aliphatic carbocycles. The van der Waals surface area contributed by atoms with E-state index in [-0.39, 0.29) is 11.5 Å². The van der Waals surface area contributed by atoms with Crippen LogP contribution in [0.15, 0.2) is 48.8 Å². The maximum absolute atomic E-state index is 12.5. The molecule has 4 N–H and O–H groups in total. The van der Waals surface area contributed by atoms with Crippen LogP contribution in [0.2, 0.25) is 0 Å². The van der Waals surface area contributed by atoms with E-state index in [1.54, 1.807) is 12.4 Å². The van der Waals surface area contributed by atoms with Gasteiger partial charge in [-0.3, -0.25) is 0 Å². The molecule has 0 saturated heterocycles. The predicted molar refractivity (Wildman–Crippen MR) is 182 cm³/mol. The number of aromatic amines is 2. The Hall–Kier alpha value is -5.22. The summed E-state index contributed by atoms with van der Waals surface area (Å²) in [7, 11) is 0. The molecule has 4 aromatic rings. The van der Waals surface area contributed by atoms with Crippen molar-refractivity contribution in [2.45, 2.75) is 92.5 Å². The standard InChI is InChI=1S/C37H44N6O4/c1-23(40-33(44)46-36(5,6)7)31-38-21-28(41-31)17-13-24-11-15-27-20-25(12-16-26(27)19-24)14-18-29-22-39-32(42-29)30(35(2,3)4)43-34(45)47-37(8,9)10/h11-12,15-16,19-23,30H,1-10H3,(H,38,41)(H,39,42)(H,40,44)(H,43,45)/t23-,30+/m0/s1. The highest BCUT2D eigenvalue weighted by atomic mass is 16.6. The largest absolute Gasteiger partial charge is 0.444 e. The van der Waals surface area contributed by atoms with Gasteiger partial charge in [0.2, 0.25) is 0 Å². The quantitative estimate of drug-likeness (QED) is 0.174. The summed E-state index contributed by atoms with van der Waals surface area (Å²) < 4.78 is 10.8. The fraction of sp³-hybridized carbons (Fsp3) is 0.405. The Morgan fingerprint density at radius 2 is 1.13 bits per heavy atom. The summed E-state index contributed by atoms with van der Waals surface area (Å²) in [6.45, 7) is 18.8. The number of nitrogens with one attached hydrogen (secondary N) is 4. The van der Waals surface area contributed by atoms with E-state index in [1.165, 1.54) is 0 Å². The molecule has 0 saturated carbocycles. The fourth-order valence-electron chi connectivity index (χ4n) is 4.52. The molecule has 47 heavy (non-hydrogen) atoms. The average Bonchev–Trinajstić information content (AvgIpc) is 3.61. The number of alkyl carbamates (subject to hydrolysis) is 2. The first-order valence-electron chi connectivity index (χ1n) is 15.5. The van der Waals surface area contributed by atoms with Crippen LogP contribution < -0.4 is 10.6 Å². The Bertz CT molecular complexity index is 1880. The third-order valence-electron chi connectivity index (χ3n) is 6.66. The first-order valence-corrected chi connectivity index (χ1v) is 15.5. The zero-order valence-corrected chi connectivity index (χ0v) is 28.8. The zero-order valence-electron chi connectivity index (χ0n) is 28.8. The number of amides is 2. The van der Waals surface area contributed by atoms with Crippen molar-refractivity contribution >= 4 is 23.0 Å². The molecule has 2 heterocycles. The third-order valence-corrected chi connectivity index (χ3v) is 6.66. The Morgan fingerprint density at radius 1 is 0.681 bits per heavy atom. The number of imidazole rings is 2. The minimum absolute atomic E-state index is 0.318. The number of nitrogens with zero attached hydrogens (tertiary/aromatic N) is 2. The van der Waals surface area contributed by atoms with Crippen molar-refractivity contribution in [3.05, 3.63) is 83.0 Å². The van der Waals surface area contributed by atoms with Gasteiger partial charge in [-0.25, -0.2) is 19.6 Å². The maximum atomic E-state index is 12.5. The molecule has 246 valence electrons. The number of carbonyl (C=O) groups is 2. The smallest absolute Gasteiger partial charge is 0.408 e. The molecule has 10 nitrogen and oxygen atoms in total. The monoisotopic (exact) mass is 636 g/mol. The van der Waals surface area contributed by atoms with Gasteiger partial charge in [-0.15, -0.1) is 0 Å². The molecular formula is C37H44N6O4. The summed E-state index contributed by atoms with van der Waals surface area (Å²) in [5, 5.41) is 7.78. The number of hydrogen-bond acceptors (Lipinski definition) is 6. The fourth-order valence-corrected chi connectivity index (χ4v) is 4.52. The zero-order chi connectivity index (χ0) is 34.6. The third kappa shape index (κ3) is 10.4. The lowest BCUT2D eigenvalue weighted by Crippen LogP contribution is -2.40. The number of H-pyrrole nitrogens is 2. The first-order chi connectivity index (χ1) is 21.8. The van der Waals surface area contributed by atoms with Crippen molar-refractivity contribution in [1.82, 2.24) is 30.6 Å². The van der Waals surface area contributed by atoms with Gasteiger partial charge in [0, 0.05) is 11.1 Å². The molecular weight excluding hydrogens is 592 g/mol. The van der Waals surface area contributed by atoms with E-state index < -0.39 is 29.4 Å². The van der Waals surface area contributed by atoms with Gasteiger partial charge in [0.25, 0.3) is 0 Å². The van der Waals surface area contributed by atoms with Gasteiger partial charge in [0.1, 0.15) is 34.2 Å². The molecule has 10 heteroatoms. The van der Waals surface area contributed by atoms with E-state index in [1.807, 2.05) is 106 Å². The number of hydrogen-bond donors (Lipinski definition) is 4. The molecule has 2 atom stereocenters. The number of aromatic nitrogens is 4. The Morgan fingerprint density at radius 3 is 1.60 bits per heavy atom. The van der Waals surface area contributed by atoms with Gasteiger partial charge < -0.3 is 30.1 Å². The van der Waals surface area contributed by atoms with E-state index in [4.69, 9.17) is 9.47 Å². The second-order valence-corrected chi connectivity index (χ2v) is 14.5. The van der Waals surface area contributed by atoms with Crippen molar-refractivity contribution < 1.29 is 19.1 Å². The molecule has 0 spiro atoms. The summed E-state index contributed by atoms with van der Waals surface area (Å²) in [6.07, 6.45) is 2.31. The van der Waals surface area contributed by atoms with E-state index in [0.717, 1.165) is 21.9 Å². The molecule has 2 aromatic heterocycles. The summed E-state index contributed by atoms with van der Waals surface area (Å²) in [5.74, 6) is 13.8. The molecule has 0 aliphatic rings. The maximum Gasteiger partial charge on any atom is 0.408 e. The van der Waals surface area contributed by atoms with Crippen molar-refractivity contribution in [3.8, 4) is 23.7 Å². The van der Waals surface area contributed by atoms with Crippen molar-refractivity contribution in [3.63, 3.8) is 0 Å². The molecule has 0 bridgehead atoms. The van der Waals surface area contributed by atoms with E-state index in [2.05, 4.69) is 54.3 Å². The normalized spacial score (nSPS) is 13.0. The minimum Gasteiger partial charge on any atom is -0.444 e. The Labute approximate surface area is 276 Å². The van der Waals surface area contributed by atoms with Crippen LogP contribution in [0.4, 0.5) is 9.59 Å². The van der Waals surface area contributed by atoms with Crippen molar-refractivity contribution in [1.29, 1.82) is 0 Å². The Balaban J connectivity index is 1.43. The summed E-state index contributed by atoms with van der Waals surface area (Å²) >= 11 is 0. The van der Waals surface area contributed by atoms with E-state index in [0.29, 0.717) is 23.0 Å². The number of ether oxygens (including phenoxy) is 2. The van der Waals surface area contributed by atoms with Crippen LogP contribution in [0.3, 0.4) is 0 Å². The van der Waals surface area contributed by atoms with Gasteiger partial charge in [-0.2, -0.15) is 0 Å². The molecule has 0 radical (unpaired) electrons. The Kier molecular flexibility index (Phi) is 10.1. The van der Waals surface area contributed by atoms with Crippen molar-refractivity contribution in [2.24, 2.45) is 5.41 Å². The second-order valence-electron chi connectivity index (χ2n) is 14.5. The number of fused-ring (bicyclic) bond motifs is 1. The highest BCUT2D eigenvalue weighted by Gasteiger charge is 2.32. The highest BCUT2D eigenvalue weighted by molar-refractivity contribution is 5.85. The van der Waals surface area contributed by atoms with Crippen LogP contribution in [0.1, 0.15) is 115 Å². The van der Waals surface area contributed by atoms with Crippen molar-refractivity contribution in [2.75, 3.05) is 0 Å². The molecule has 4 rings (SSSR count). The first kappa shape index (κ1) is 34.6. The lowest BCUT2D eigenvalue weighted by Gasteiger charge is -2.31. The minimum atomic E-state index is -0.602. The van der Waals surface area contributed by atoms with Gasteiger partial charge in [0.15, 0.2) is 0 Å². The number of carbonyl (C=O) groups excluding carboxylic acids is 2. The van der Waals surface area contributed by atoms with Crippen LogP contribution in [0, 0.1) is 29.1 Å². The molecule has 2 amide bonds. The summed E-state index contributed by atoms with van der Waals surface area (Å²) in [5.41, 5.74) is 1.49. The summed E-state index contributed by atoms with van der Waals surface area (Å²) in [4.78, 5) is 39.8. The number of rotatable bonds is 4. The van der Waals surface area contributed by atoms with Gasteiger partial charge in [0.05, 0.1) is 24.5 Å². The summed E-state index contributed by atoms with van der Waals surface area (Å²) in [6, 6.07) is 11.2. The topological polar surface area (TPSA) is 134 Å². The number of benzene rings is 2. The van der Waals surface area contributed by atoms with Crippen LogP contribution in [-0.2, 0) is 9.47 Å². The van der Waals surface area contributed by atoms with Gasteiger partial charge in [-0.05, 0) is 101 Å². The van der Waals surface area contributed by atoms with E-state index >= 15 is 0 Å². The van der Waals surface area contributed by atoms with Crippen LogP contribution >= 0.6 is 0 Å².